The number of nitrogens with one attached hydrogen (secondary N) is 2. The normalized spacial score (nSPS) is 16.2. The average molecular weight is 416 g/mol. The number of amides is 2. The number of carbonyl (C=O) groups is 3. The Balaban J connectivity index is 1.84. The summed E-state index contributed by atoms with van der Waals surface area (Å²) < 4.78 is 10.4. The smallest absolute Gasteiger partial charge is 0.356 e. The van der Waals surface area contributed by atoms with Crippen molar-refractivity contribution in [3.05, 3.63) is 23.9 Å². The highest BCUT2D eigenvalue weighted by Crippen LogP contribution is 2.32. The highest BCUT2D eigenvalue weighted by molar-refractivity contribution is 6.12. The minimum Gasteiger partial charge on any atom is -0.497 e. The second kappa shape index (κ2) is 9.17. The van der Waals surface area contributed by atoms with Gasteiger partial charge in [0.15, 0.2) is 0 Å². The van der Waals surface area contributed by atoms with Gasteiger partial charge in [0, 0.05) is 16.8 Å². The molecule has 1 aliphatic heterocycles. The molecule has 1 unspecified atom stereocenters. The Bertz CT molecular complexity index is 946. The number of piperidine rings is 1. The molecule has 1 fully saturated rings. The number of nitrogens with zero attached hydrogens (tertiary/aromatic N) is 1. The Labute approximate surface area is 174 Å². The summed E-state index contributed by atoms with van der Waals surface area (Å²) in [6.07, 6.45) is 1.26. The summed E-state index contributed by atoms with van der Waals surface area (Å²) in [6, 6.07) is 4.87. The van der Waals surface area contributed by atoms with Crippen LogP contribution < -0.4 is 15.8 Å². The molecule has 162 valence electrons. The number of ether oxygens (including phenoxy) is 2. The molecular formula is C21H28N4O5. The van der Waals surface area contributed by atoms with Crippen molar-refractivity contribution in [3.8, 4) is 5.75 Å². The fourth-order valence-corrected chi connectivity index (χ4v) is 3.75. The van der Waals surface area contributed by atoms with E-state index in [1.807, 2.05) is 4.90 Å². The second-order valence-corrected chi connectivity index (χ2v) is 7.38. The Kier molecular flexibility index (Phi) is 6.61. The molecule has 2 amide bonds. The second-order valence-electron chi connectivity index (χ2n) is 7.38. The van der Waals surface area contributed by atoms with Gasteiger partial charge < -0.3 is 25.5 Å². The summed E-state index contributed by atoms with van der Waals surface area (Å²) in [5.41, 5.74) is 6.63. The van der Waals surface area contributed by atoms with Crippen LogP contribution in [0.15, 0.2) is 18.2 Å². The van der Waals surface area contributed by atoms with Gasteiger partial charge >= 0.3 is 5.97 Å². The summed E-state index contributed by atoms with van der Waals surface area (Å²) >= 11 is 0. The number of likely N-dealkylation sites (tertiary alicyclic amines) is 1. The zero-order chi connectivity index (χ0) is 21.8. The highest BCUT2D eigenvalue weighted by atomic mass is 16.5. The molecule has 3 rings (SSSR count). The van der Waals surface area contributed by atoms with E-state index >= 15 is 0 Å². The van der Waals surface area contributed by atoms with Gasteiger partial charge in [-0.05, 0) is 58.0 Å². The Morgan fingerprint density at radius 2 is 2.00 bits per heavy atom. The molecule has 0 saturated carbocycles. The van der Waals surface area contributed by atoms with Gasteiger partial charge in [-0.1, -0.05) is 0 Å². The van der Waals surface area contributed by atoms with E-state index in [4.69, 9.17) is 15.2 Å². The Morgan fingerprint density at radius 1 is 1.30 bits per heavy atom. The molecule has 1 saturated heterocycles. The molecule has 2 heterocycles. The van der Waals surface area contributed by atoms with Gasteiger partial charge in [0.25, 0.3) is 0 Å². The summed E-state index contributed by atoms with van der Waals surface area (Å²) in [5.74, 6) is -0.625. The molecule has 2 aromatic rings. The predicted molar refractivity (Wildman–Crippen MR) is 112 cm³/mol. The van der Waals surface area contributed by atoms with Crippen molar-refractivity contribution >= 4 is 34.4 Å². The lowest BCUT2D eigenvalue weighted by atomic mass is 9.95. The van der Waals surface area contributed by atoms with Gasteiger partial charge in [-0.15, -0.1) is 0 Å². The lowest BCUT2D eigenvalue weighted by Crippen LogP contribution is -2.47. The lowest BCUT2D eigenvalue weighted by molar-refractivity contribution is -0.124. The zero-order valence-corrected chi connectivity index (χ0v) is 17.5. The first-order valence-electron chi connectivity index (χ1n) is 10.1. The zero-order valence-electron chi connectivity index (χ0n) is 17.5. The number of aromatic amines is 1. The number of anilines is 1. The summed E-state index contributed by atoms with van der Waals surface area (Å²) in [7, 11) is 1.55. The molecule has 9 heteroatoms. The molecule has 0 aliphatic carbocycles. The average Bonchev–Trinajstić information content (AvgIpc) is 3.11. The van der Waals surface area contributed by atoms with Crippen molar-refractivity contribution in [1.82, 2.24) is 9.88 Å². The minimum absolute atomic E-state index is 0.145. The molecule has 0 radical (unpaired) electrons. The number of carbonyl (C=O) groups excluding carboxylic acids is 3. The molecule has 9 nitrogen and oxygen atoms in total. The maximum absolute atomic E-state index is 13.0. The van der Waals surface area contributed by atoms with Crippen molar-refractivity contribution in [3.63, 3.8) is 0 Å². The molecule has 1 aromatic carbocycles. The number of hydrogen-bond donors (Lipinski definition) is 3. The van der Waals surface area contributed by atoms with Crippen LogP contribution in [0.1, 0.15) is 37.2 Å². The van der Waals surface area contributed by atoms with Crippen LogP contribution in [-0.2, 0) is 14.3 Å². The highest BCUT2D eigenvalue weighted by Gasteiger charge is 2.30. The Hall–Kier alpha value is -3.07. The number of hydrogen-bond acceptors (Lipinski definition) is 6. The quantitative estimate of drug-likeness (QED) is 0.592. The molecule has 1 aromatic heterocycles. The number of H-pyrrole nitrogens is 1. The standard InChI is InChI=1S/C21H28N4O5/c1-4-30-21(28)18-17(15-11-14(29-3)5-6-16(15)23-18)24-20(27)12(2)25-9-7-13(8-10-25)19(22)26/h5-6,11-13,23H,4,7-10H2,1-3H3,(H2,22,26)(H,24,27). The van der Waals surface area contributed by atoms with E-state index in [2.05, 4.69) is 10.3 Å². The fourth-order valence-electron chi connectivity index (χ4n) is 3.75. The first-order valence-corrected chi connectivity index (χ1v) is 10.1. The first-order chi connectivity index (χ1) is 14.3. The third-order valence-corrected chi connectivity index (χ3v) is 5.59. The lowest BCUT2D eigenvalue weighted by Gasteiger charge is -2.34. The van der Waals surface area contributed by atoms with E-state index in [9.17, 15) is 14.4 Å². The van der Waals surface area contributed by atoms with Crippen LogP contribution in [0, 0.1) is 5.92 Å². The SMILES string of the molecule is CCOC(=O)c1[nH]c2ccc(OC)cc2c1NC(=O)C(C)N1CCC(C(N)=O)CC1. The van der Waals surface area contributed by atoms with Crippen LogP contribution in [0.4, 0.5) is 5.69 Å². The predicted octanol–water partition coefficient (Wildman–Crippen LogP) is 1.88. The van der Waals surface area contributed by atoms with Gasteiger partial charge in [-0.3, -0.25) is 14.5 Å². The van der Waals surface area contributed by atoms with E-state index in [1.165, 1.54) is 0 Å². The molecule has 0 spiro atoms. The molecule has 0 bridgehead atoms. The first kappa shape index (κ1) is 21.6. The number of esters is 1. The third kappa shape index (κ3) is 4.40. The van der Waals surface area contributed by atoms with Gasteiger partial charge in [0.2, 0.25) is 11.8 Å². The van der Waals surface area contributed by atoms with Crippen LogP contribution in [0.25, 0.3) is 10.9 Å². The van der Waals surface area contributed by atoms with Gasteiger partial charge in [0.05, 0.1) is 25.4 Å². The number of benzene rings is 1. The van der Waals surface area contributed by atoms with Gasteiger partial charge in [-0.2, -0.15) is 0 Å². The number of nitrogens with two attached hydrogens (primary N) is 1. The number of rotatable bonds is 7. The molecule has 30 heavy (non-hydrogen) atoms. The molecular weight excluding hydrogens is 388 g/mol. The third-order valence-electron chi connectivity index (χ3n) is 5.59. The van der Waals surface area contributed by atoms with Gasteiger partial charge in [-0.25, -0.2) is 4.79 Å². The number of primary amides is 1. The van der Waals surface area contributed by atoms with E-state index in [1.54, 1.807) is 39.2 Å². The van der Waals surface area contributed by atoms with E-state index in [0.29, 0.717) is 48.3 Å². The van der Waals surface area contributed by atoms with Crippen LogP contribution in [-0.4, -0.2) is 60.5 Å². The number of aromatic nitrogens is 1. The number of fused-ring (bicyclic) bond motifs is 1. The van der Waals surface area contributed by atoms with E-state index < -0.39 is 12.0 Å². The van der Waals surface area contributed by atoms with Crippen molar-refractivity contribution in [1.29, 1.82) is 0 Å². The summed E-state index contributed by atoms with van der Waals surface area (Å²) in [4.78, 5) is 41.9. The van der Waals surface area contributed by atoms with Crippen molar-refractivity contribution in [2.75, 3.05) is 32.1 Å². The maximum Gasteiger partial charge on any atom is 0.356 e. The van der Waals surface area contributed by atoms with Gasteiger partial charge in [0.1, 0.15) is 11.4 Å². The largest absolute Gasteiger partial charge is 0.497 e. The monoisotopic (exact) mass is 416 g/mol. The van der Waals surface area contributed by atoms with Crippen molar-refractivity contribution < 1.29 is 23.9 Å². The summed E-state index contributed by atoms with van der Waals surface area (Å²) in [6.45, 7) is 4.96. The van der Waals surface area contributed by atoms with Crippen LogP contribution in [0.2, 0.25) is 0 Å². The van der Waals surface area contributed by atoms with Crippen molar-refractivity contribution in [2.24, 2.45) is 11.7 Å². The van der Waals surface area contributed by atoms with Crippen LogP contribution >= 0.6 is 0 Å². The maximum atomic E-state index is 13.0. The Morgan fingerprint density at radius 3 is 2.60 bits per heavy atom. The molecule has 1 atom stereocenters. The topological polar surface area (TPSA) is 127 Å². The van der Waals surface area contributed by atoms with Crippen molar-refractivity contribution in [2.45, 2.75) is 32.7 Å². The van der Waals surface area contributed by atoms with Crippen LogP contribution in [0.3, 0.4) is 0 Å². The molecule has 4 N–H and O–H groups in total. The van der Waals surface area contributed by atoms with Crippen LogP contribution in [0.5, 0.6) is 5.75 Å². The minimum atomic E-state index is -0.544. The molecule has 1 aliphatic rings. The summed E-state index contributed by atoms with van der Waals surface area (Å²) in [5, 5.41) is 3.55. The van der Waals surface area contributed by atoms with E-state index in [-0.39, 0.29) is 30.0 Å². The fraction of sp³-hybridized carbons (Fsp3) is 0.476. The van der Waals surface area contributed by atoms with E-state index in [0.717, 1.165) is 0 Å². The number of methoxy groups -OCH3 is 1.